The lowest BCUT2D eigenvalue weighted by Crippen LogP contribution is -2.27. The molecular formula is C12H9F3N2O. The Kier molecular flexibility index (Phi) is 2.94. The second kappa shape index (κ2) is 4.29. The van der Waals surface area contributed by atoms with Crippen molar-refractivity contribution in [3.63, 3.8) is 0 Å². The van der Waals surface area contributed by atoms with Gasteiger partial charge in [0.1, 0.15) is 5.84 Å². The molecule has 0 spiro atoms. The lowest BCUT2D eigenvalue weighted by molar-refractivity contribution is -0.165. The summed E-state index contributed by atoms with van der Waals surface area (Å²) in [5.41, 5.74) is 0.886. The summed E-state index contributed by atoms with van der Waals surface area (Å²) in [7, 11) is 0. The minimum Gasteiger partial charge on any atom is -0.306 e. The first kappa shape index (κ1) is 12.3. The van der Waals surface area contributed by atoms with E-state index in [0.717, 1.165) is 5.70 Å². The summed E-state index contributed by atoms with van der Waals surface area (Å²) in [6, 6.07) is 0. The fourth-order valence-corrected chi connectivity index (χ4v) is 1.52. The third kappa shape index (κ3) is 2.42. The van der Waals surface area contributed by atoms with Gasteiger partial charge in [0, 0.05) is 18.0 Å². The molecule has 0 aromatic carbocycles. The first-order chi connectivity index (χ1) is 8.38. The molecule has 0 aromatic heterocycles. The van der Waals surface area contributed by atoms with E-state index in [0.29, 0.717) is 11.9 Å². The molecule has 0 unspecified atom stereocenters. The molecule has 0 aromatic rings. The number of amidine groups is 1. The minimum atomic E-state index is -4.86. The number of hydrogen-bond donors (Lipinski definition) is 0. The lowest BCUT2D eigenvalue weighted by Gasteiger charge is -2.26. The van der Waals surface area contributed by atoms with Gasteiger partial charge in [0.15, 0.2) is 0 Å². The van der Waals surface area contributed by atoms with E-state index in [4.69, 9.17) is 0 Å². The van der Waals surface area contributed by atoms with Gasteiger partial charge in [-0.25, -0.2) is 4.99 Å². The first-order valence-corrected chi connectivity index (χ1v) is 5.12. The number of nitrogens with zero attached hydrogens (tertiary/aromatic N) is 2. The number of carbonyl (C=O) groups excluding carboxylic acids is 1. The van der Waals surface area contributed by atoms with Crippen molar-refractivity contribution in [3.8, 4) is 0 Å². The Morgan fingerprint density at radius 3 is 2.78 bits per heavy atom. The molecule has 0 radical (unpaired) electrons. The Morgan fingerprint density at radius 1 is 1.39 bits per heavy atom. The van der Waals surface area contributed by atoms with Gasteiger partial charge in [0.05, 0.1) is 5.70 Å². The highest BCUT2D eigenvalue weighted by molar-refractivity contribution is 6.00. The molecule has 94 valence electrons. The van der Waals surface area contributed by atoms with Crippen LogP contribution in [-0.4, -0.2) is 22.7 Å². The molecule has 0 saturated carbocycles. The fourth-order valence-electron chi connectivity index (χ4n) is 1.52. The molecule has 18 heavy (non-hydrogen) atoms. The lowest BCUT2D eigenvalue weighted by atomic mass is 10.2. The molecular weight excluding hydrogens is 245 g/mol. The zero-order valence-electron chi connectivity index (χ0n) is 9.40. The number of fused-ring (bicyclic) bond motifs is 1. The van der Waals surface area contributed by atoms with E-state index in [1.807, 2.05) is 13.0 Å². The standard InChI is InChI=1S/C12H9F3N2O/c1-8-3-2-4-11-16-9(5-6-17(8)11)7-10(18)12(13,14)15/h2-7H,1H3/b9-7+. The van der Waals surface area contributed by atoms with Crippen molar-refractivity contribution in [1.82, 2.24) is 4.90 Å². The Morgan fingerprint density at radius 2 is 2.11 bits per heavy atom. The van der Waals surface area contributed by atoms with Crippen molar-refractivity contribution in [3.05, 3.63) is 48.0 Å². The summed E-state index contributed by atoms with van der Waals surface area (Å²) in [6.45, 7) is 1.85. The molecule has 6 heteroatoms. The SMILES string of the molecule is CC1=CC=CC2=N/C(=C/C(=O)C(F)(F)F)C=CN12. The van der Waals surface area contributed by atoms with Gasteiger partial charge < -0.3 is 4.90 Å². The average molecular weight is 254 g/mol. The van der Waals surface area contributed by atoms with Crippen molar-refractivity contribution < 1.29 is 18.0 Å². The van der Waals surface area contributed by atoms with Crippen LogP contribution in [0.25, 0.3) is 0 Å². The average Bonchev–Trinajstić information content (AvgIpc) is 2.28. The third-order valence-corrected chi connectivity index (χ3v) is 2.41. The minimum absolute atomic E-state index is 0.0112. The molecule has 0 bridgehead atoms. The summed E-state index contributed by atoms with van der Waals surface area (Å²) in [5, 5.41) is 0. The number of ketones is 1. The zero-order chi connectivity index (χ0) is 13.3. The molecule has 0 amide bonds. The van der Waals surface area contributed by atoms with Crippen molar-refractivity contribution in [2.24, 2.45) is 4.99 Å². The Hall–Kier alpha value is -2.11. The molecule has 2 heterocycles. The van der Waals surface area contributed by atoms with Gasteiger partial charge in [-0.05, 0) is 25.2 Å². The number of aliphatic imine (C=N–C) groups is 1. The monoisotopic (exact) mass is 254 g/mol. The maximum Gasteiger partial charge on any atom is 0.454 e. The Balaban J connectivity index is 2.26. The van der Waals surface area contributed by atoms with Gasteiger partial charge in [-0.3, -0.25) is 4.79 Å². The number of hydrogen-bond acceptors (Lipinski definition) is 3. The summed E-state index contributed by atoms with van der Waals surface area (Å²) in [4.78, 5) is 16.5. The van der Waals surface area contributed by atoms with Crippen LogP contribution in [0.1, 0.15) is 6.92 Å². The van der Waals surface area contributed by atoms with Crippen LogP contribution in [-0.2, 0) is 4.79 Å². The predicted molar refractivity (Wildman–Crippen MR) is 60.5 cm³/mol. The van der Waals surface area contributed by atoms with E-state index in [1.54, 1.807) is 23.3 Å². The Bertz CT molecular complexity index is 536. The second-order valence-corrected chi connectivity index (χ2v) is 3.75. The van der Waals surface area contributed by atoms with E-state index in [2.05, 4.69) is 4.99 Å². The molecule has 2 rings (SSSR count). The van der Waals surface area contributed by atoms with E-state index in [1.165, 1.54) is 6.08 Å². The summed E-state index contributed by atoms with van der Waals surface area (Å²) < 4.78 is 36.3. The van der Waals surface area contributed by atoms with Crippen molar-refractivity contribution in [1.29, 1.82) is 0 Å². The van der Waals surface area contributed by atoms with Gasteiger partial charge in [-0.15, -0.1) is 0 Å². The van der Waals surface area contributed by atoms with Gasteiger partial charge in [0.2, 0.25) is 0 Å². The summed E-state index contributed by atoms with van der Waals surface area (Å²) >= 11 is 0. The van der Waals surface area contributed by atoms with Crippen LogP contribution in [0.3, 0.4) is 0 Å². The van der Waals surface area contributed by atoms with E-state index in [9.17, 15) is 18.0 Å². The molecule has 2 aliphatic rings. The Labute approximate surface area is 101 Å². The van der Waals surface area contributed by atoms with Crippen molar-refractivity contribution >= 4 is 11.6 Å². The first-order valence-electron chi connectivity index (χ1n) is 5.12. The van der Waals surface area contributed by atoms with Crippen molar-refractivity contribution in [2.75, 3.05) is 0 Å². The molecule has 0 saturated heterocycles. The smallest absolute Gasteiger partial charge is 0.306 e. The molecule has 0 atom stereocenters. The number of allylic oxidation sites excluding steroid dienone is 5. The maximum atomic E-state index is 12.1. The highest BCUT2D eigenvalue weighted by atomic mass is 19.4. The van der Waals surface area contributed by atoms with E-state index in [-0.39, 0.29) is 5.70 Å². The van der Waals surface area contributed by atoms with Crippen LogP contribution in [0.2, 0.25) is 0 Å². The van der Waals surface area contributed by atoms with Gasteiger partial charge in [-0.2, -0.15) is 13.2 Å². The zero-order valence-corrected chi connectivity index (χ0v) is 9.40. The second-order valence-electron chi connectivity index (χ2n) is 3.75. The molecule has 0 N–H and O–H groups in total. The quantitative estimate of drug-likeness (QED) is 0.674. The van der Waals surface area contributed by atoms with Crippen LogP contribution < -0.4 is 0 Å². The van der Waals surface area contributed by atoms with Crippen LogP contribution in [0.5, 0.6) is 0 Å². The fraction of sp³-hybridized carbons (Fsp3) is 0.167. The van der Waals surface area contributed by atoms with E-state index >= 15 is 0 Å². The van der Waals surface area contributed by atoms with Gasteiger partial charge in [0.25, 0.3) is 5.78 Å². The maximum absolute atomic E-state index is 12.1. The normalized spacial score (nSPS) is 20.7. The largest absolute Gasteiger partial charge is 0.454 e. The molecule has 0 fully saturated rings. The third-order valence-electron chi connectivity index (χ3n) is 2.41. The van der Waals surface area contributed by atoms with Gasteiger partial charge >= 0.3 is 6.18 Å². The van der Waals surface area contributed by atoms with E-state index < -0.39 is 12.0 Å². The van der Waals surface area contributed by atoms with Gasteiger partial charge in [-0.1, -0.05) is 6.08 Å². The van der Waals surface area contributed by atoms with Crippen LogP contribution in [0.4, 0.5) is 13.2 Å². The number of halogens is 3. The number of alkyl halides is 3. The number of carbonyl (C=O) groups is 1. The summed E-state index contributed by atoms with van der Waals surface area (Å²) in [6.07, 6.45) is 3.81. The molecule has 0 aliphatic carbocycles. The number of rotatable bonds is 1. The van der Waals surface area contributed by atoms with Crippen molar-refractivity contribution in [2.45, 2.75) is 13.1 Å². The predicted octanol–water partition coefficient (Wildman–Crippen LogP) is 2.70. The highest BCUT2D eigenvalue weighted by Gasteiger charge is 2.36. The van der Waals surface area contributed by atoms with Crippen LogP contribution >= 0.6 is 0 Å². The summed E-state index contributed by atoms with van der Waals surface area (Å²) in [5.74, 6) is -1.43. The molecule has 2 aliphatic heterocycles. The molecule has 3 nitrogen and oxygen atoms in total. The van der Waals surface area contributed by atoms with Crippen LogP contribution in [0, 0.1) is 0 Å². The highest BCUT2D eigenvalue weighted by Crippen LogP contribution is 2.22. The topological polar surface area (TPSA) is 32.7 Å². The van der Waals surface area contributed by atoms with Crippen LogP contribution in [0.15, 0.2) is 53.0 Å².